The third-order valence-electron chi connectivity index (χ3n) is 1.92. The molecule has 0 radical (unpaired) electrons. The maximum absolute atomic E-state index is 9.68. The predicted molar refractivity (Wildman–Crippen MR) is 54.3 cm³/mol. The van der Waals surface area contributed by atoms with Crippen LogP contribution in [0.2, 0.25) is 0 Å². The molecule has 78 valence electrons. The first-order chi connectivity index (χ1) is 6.54. The van der Waals surface area contributed by atoms with Gasteiger partial charge in [-0.3, -0.25) is 0 Å². The van der Waals surface area contributed by atoms with Crippen LogP contribution < -0.4 is 4.74 Å². The fourth-order valence-corrected chi connectivity index (χ4v) is 1.12. The smallest absolute Gasteiger partial charge is 0.119 e. The van der Waals surface area contributed by atoms with Crippen molar-refractivity contribution in [1.29, 1.82) is 0 Å². The van der Waals surface area contributed by atoms with Crippen molar-refractivity contribution in [2.45, 2.75) is 19.4 Å². The summed E-state index contributed by atoms with van der Waals surface area (Å²) < 4.78 is 5.19. The monoisotopic (exact) mass is 196 g/mol. The van der Waals surface area contributed by atoms with Crippen molar-refractivity contribution in [2.75, 3.05) is 13.2 Å². The van der Waals surface area contributed by atoms with Gasteiger partial charge in [0.15, 0.2) is 0 Å². The first kappa shape index (κ1) is 11.0. The van der Waals surface area contributed by atoms with Crippen molar-refractivity contribution in [3.8, 4) is 5.75 Å². The second-order valence-corrected chi connectivity index (χ2v) is 3.66. The van der Waals surface area contributed by atoms with Gasteiger partial charge in [-0.1, -0.05) is 12.1 Å². The number of ether oxygens (including phenoxy) is 1. The second kappa shape index (κ2) is 4.44. The normalized spacial score (nSPS) is 11.4. The van der Waals surface area contributed by atoms with Crippen LogP contribution in [0.15, 0.2) is 24.3 Å². The zero-order valence-electron chi connectivity index (χ0n) is 8.53. The average molecular weight is 196 g/mol. The number of benzene rings is 1. The van der Waals surface area contributed by atoms with Gasteiger partial charge in [0.2, 0.25) is 0 Å². The molecule has 3 heteroatoms. The van der Waals surface area contributed by atoms with E-state index in [2.05, 4.69) is 0 Å². The van der Waals surface area contributed by atoms with Crippen molar-refractivity contribution in [3.63, 3.8) is 0 Å². The number of hydrogen-bond acceptors (Lipinski definition) is 3. The van der Waals surface area contributed by atoms with E-state index in [0.717, 1.165) is 5.56 Å². The second-order valence-electron chi connectivity index (χ2n) is 3.66. The summed E-state index contributed by atoms with van der Waals surface area (Å²) in [6, 6.07) is 7.19. The molecule has 0 aliphatic rings. The van der Waals surface area contributed by atoms with Gasteiger partial charge in [-0.25, -0.2) is 0 Å². The summed E-state index contributed by atoms with van der Waals surface area (Å²) in [4.78, 5) is 0. The van der Waals surface area contributed by atoms with Gasteiger partial charge in [0.25, 0.3) is 0 Å². The molecule has 3 nitrogen and oxygen atoms in total. The Morgan fingerprint density at radius 3 is 2.21 bits per heavy atom. The van der Waals surface area contributed by atoms with E-state index >= 15 is 0 Å². The van der Waals surface area contributed by atoms with Crippen LogP contribution in [0, 0.1) is 0 Å². The molecule has 0 spiro atoms. The molecule has 1 aromatic rings. The molecule has 1 aromatic carbocycles. The van der Waals surface area contributed by atoms with Crippen molar-refractivity contribution < 1.29 is 14.9 Å². The quantitative estimate of drug-likeness (QED) is 0.762. The van der Waals surface area contributed by atoms with Gasteiger partial charge < -0.3 is 14.9 Å². The molecule has 0 atom stereocenters. The van der Waals surface area contributed by atoms with Crippen LogP contribution in [0.1, 0.15) is 19.4 Å². The molecular formula is C11H16O3. The van der Waals surface area contributed by atoms with Crippen LogP contribution in [0.25, 0.3) is 0 Å². The molecular weight excluding hydrogens is 180 g/mol. The molecule has 1 rings (SSSR count). The van der Waals surface area contributed by atoms with Crippen molar-refractivity contribution in [3.05, 3.63) is 29.8 Å². The van der Waals surface area contributed by atoms with Crippen LogP contribution in [0.4, 0.5) is 0 Å². The Morgan fingerprint density at radius 1 is 1.21 bits per heavy atom. The van der Waals surface area contributed by atoms with Crippen molar-refractivity contribution >= 4 is 0 Å². The largest absolute Gasteiger partial charge is 0.491 e. The van der Waals surface area contributed by atoms with Gasteiger partial charge in [-0.15, -0.1) is 0 Å². The molecule has 0 fully saturated rings. The van der Waals surface area contributed by atoms with E-state index in [1.54, 1.807) is 26.0 Å². The SMILES string of the molecule is CC(C)(O)c1ccc(OCCO)cc1. The summed E-state index contributed by atoms with van der Waals surface area (Å²) in [6.07, 6.45) is 0. The minimum atomic E-state index is -0.824. The fourth-order valence-electron chi connectivity index (χ4n) is 1.12. The lowest BCUT2D eigenvalue weighted by atomic mass is 9.99. The molecule has 0 aromatic heterocycles. The summed E-state index contributed by atoms with van der Waals surface area (Å²) in [7, 11) is 0. The van der Waals surface area contributed by atoms with Gasteiger partial charge in [-0.2, -0.15) is 0 Å². The highest BCUT2D eigenvalue weighted by molar-refractivity contribution is 5.30. The highest BCUT2D eigenvalue weighted by Crippen LogP contribution is 2.22. The standard InChI is InChI=1S/C11H16O3/c1-11(2,13)9-3-5-10(6-4-9)14-8-7-12/h3-6,12-13H,7-8H2,1-2H3. The minimum Gasteiger partial charge on any atom is -0.491 e. The summed E-state index contributed by atoms with van der Waals surface area (Å²) in [6.45, 7) is 3.77. The number of aliphatic hydroxyl groups is 2. The summed E-state index contributed by atoms with van der Waals surface area (Å²) in [5.41, 5.74) is 0.0176. The lowest BCUT2D eigenvalue weighted by Crippen LogP contribution is -2.15. The Hall–Kier alpha value is -1.06. The number of rotatable bonds is 4. The molecule has 0 saturated carbocycles. The Bertz CT molecular complexity index is 272. The maximum atomic E-state index is 9.68. The van der Waals surface area contributed by atoms with E-state index in [9.17, 15) is 5.11 Å². The Kier molecular flexibility index (Phi) is 3.49. The Balaban J connectivity index is 2.69. The Labute approximate surface area is 84.0 Å². The Morgan fingerprint density at radius 2 is 1.79 bits per heavy atom. The minimum absolute atomic E-state index is 0.00719. The summed E-state index contributed by atoms with van der Waals surface area (Å²) >= 11 is 0. The van der Waals surface area contributed by atoms with E-state index in [1.165, 1.54) is 0 Å². The fraction of sp³-hybridized carbons (Fsp3) is 0.455. The van der Waals surface area contributed by atoms with Crippen molar-refractivity contribution in [1.82, 2.24) is 0 Å². The van der Waals surface area contributed by atoms with E-state index in [4.69, 9.17) is 9.84 Å². The van der Waals surface area contributed by atoms with E-state index in [-0.39, 0.29) is 6.61 Å². The molecule has 0 unspecified atom stereocenters. The van der Waals surface area contributed by atoms with Crippen molar-refractivity contribution in [2.24, 2.45) is 0 Å². The lowest BCUT2D eigenvalue weighted by molar-refractivity contribution is 0.0785. The van der Waals surface area contributed by atoms with Gasteiger partial charge in [0.1, 0.15) is 12.4 Å². The van der Waals surface area contributed by atoms with Crippen LogP contribution in [-0.4, -0.2) is 23.4 Å². The molecule has 0 bridgehead atoms. The maximum Gasteiger partial charge on any atom is 0.119 e. The topological polar surface area (TPSA) is 49.7 Å². The lowest BCUT2D eigenvalue weighted by Gasteiger charge is -2.17. The molecule has 0 saturated heterocycles. The zero-order valence-corrected chi connectivity index (χ0v) is 8.53. The zero-order chi connectivity index (χ0) is 10.6. The number of hydrogen-bond donors (Lipinski definition) is 2. The summed E-state index contributed by atoms with van der Waals surface area (Å²) in [5, 5.41) is 18.2. The molecule has 0 aliphatic heterocycles. The van der Waals surface area contributed by atoms with Gasteiger partial charge in [0.05, 0.1) is 12.2 Å². The van der Waals surface area contributed by atoms with Crippen LogP contribution in [-0.2, 0) is 5.60 Å². The molecule has 2 N–H and O–H groups in total. The third-order valence-corrected chi connectivity index (χ3v) is 1.92. The molecule has 14 heavy (non-hydrogen) atoms. The first-order valence-electron chi connectivity index (χ1n) is 4.60. The molecule has 0 heterocycles. The molecule has 0 aliphatic carbocycles. The average Bonchev–Trinajstić information content (AvgIpc) is 2.14. The van der Waals surface area contributed by atoms with Crippen LogP contribution >= 0.6 is 0 Å². The summed E-state index contributed by atoms with van der Waals surface area (Å²) in [5.74, 6) is 0.701. The predicted octanol–water partition coefficient (Wildman–Crippen LogP) is 1.29. The van der Waals surface area contributed by atoms with Crippen LogP contribution in [0.5, 0.6) is 5.75 Å². The van der Waals surface area contributed by atoms with E-state index in [1.807, 2.05) is 12.1 Å². The first-order valence-corrected chi connectivity index (χ1v) is 4.60. The third kappa shape index (κ3) is 3.01. The molecule has 0 amide bonds. The van der Waals surface area contributed by atoms with E-state index < -0.39 is 5.60 Å². The van der Waals surface area contributed by atoms with Crippen LogP contribution in [0.3, 0.4) is 0 Å². The highest BCUT2D eigenvalue weighted by Gasteiger charge is 2.14. The highest BCUT2D eigenvalue weighted by atomic mass is 16.5. The van der Waals surface area contributed by atoms with E-state index in [0.29, 0.717) is 12.4 Å². The van der Waals surface area contributed by atoms with Gasteiger partial charge in [-0.05, 0) is 31.5 Å². The number of aliphatic hydroxyl groups excluding tert-OH is 1. The van der Waals surface area contributed by atoms with Gasteiger partial charge >= 0.3 is 0 Å². The van der Waals surface area contributed by atoms with Gasteiger partial charge in [0, 0.05) is 0 Å².